The van der Waals surface area contributed by atoms with Crippen molar-refractivity contribution < 1.29 is 8.42 Å². The van der Waals surface area contributed by atoms with Gasteiger partial charge in [0.1, 0.15) is 0 Å². The average molecular weight is 375 g/mol. The first-order valence-corrected chi connectivity index (χ1v) is 9.59. The van der Waals surface area contributed by atoms with E-state index in [9.17, 15) is 8.42 Å². The summed E-state index contributed by atoms with van der Waals surface area (Å²) < 4.78 is 29.6. The monoisotopic (exact) mass is 374 g/mol. The van der Waals surface area contributed by atoms with Gasteiger partial charge in [-0.05, 0) is 36.5 Å². The number of hydrogen-bond donors (Lipinski definition) is 1. The second kappa shape index (κ2) is 7.22. The Labute approximate surface area is 136 Å². The minimum atomic E-state index is -3.43. The van der Waals surface area contributed by atoms with Gasteiger partial charge in [0.05, 0.1) is 6.04 Å². The van der Waals surface area contributed by atoms with E-state index in [1.165, 1.54) is 23.6 Å². The topological polar surface area (TPSA) is 49.4 Å². The van der Waals surface area contributed by atoms with Crippen molar-refractivity contribution in [2.75, 3.05) is 14.1 Å². The number of halogens is 1. The summed E-state index contributed by atoms with van der Waals surface area (Å²) in [5, 5.41) is 0. The van der Waals surface area contributed by atoms with E-state index in [0.717, 1.165) is 22.9 Å². The van der Waals surface area contributed by atoms with E-state index in [1.54, 1.807) is 14.1 Å². The quantitative estimate of drug-likeness (QED) is 0.857. The number of nitrogens with zero attached hydrogens (tertiary/aromatic N) is 1. The molecule has 4 nitrogen and oxygen atoms in total. The second-order valence-electron chi connectivity index (χ2n) is 5.83. The molecular weight excluding hydrogens is 352 g/mol. The van der Waals surface area contributed by atoms with Gasteiger partial charge < -0.3 is 0 Å². The third-order valence-electron chi connectivity index (χ3n) is 4.11. The summed E-state index contributed by atoms with van der Waals surface area (Å²) in [7, 11) is -0.319. The molecule has 0 heterocycles. The van der Waals surface area contributed by atoms with Crippen molar-refractivity contribution in [3.05, 3.63) is 34.3 Å². The summed E-state index contributed by atoms with van der Waals surface area (Å²) in [5.41, 5.74) is 1.04. The lowest BCUT2D eigenvalue weighted by Crippen LogP contribution is -2.41. The fourth-order valence-electron chi connectivity index (χ4n) is 2.84. The zero-order chi connectivity index (χ0) is 15.5. The number of benzene rings is 1. The SMILES string of the molecule is CN(C)S(=O)(=O)NC(c1ccc(Br)cc1)C1CCCCC1. The van der Waals surface area contributed by atoms with Crippen molar-refractivity contribution in [1.29, 1.82) is 0 Å². The van der Waals surface area contributed by atoms with E-state index in [0.29, 0.717) is 5.92 Å². The third-order valence-corrected chi connectivity index (χ3v) is 6.15. The van der Waals surface area contributed by atoms with Crippen molar-refractivity contribution in [3.63, 3.8) is 0 Å². The fraction of sp³-hybridized carbons (Fsp3) is 0.600. The first-order valence-electron chi connectivity index (χ1n) is 7.35. The van der Waals surface area contributed by atoms with Crippen molar-refractivity contribution in [2.45, 2.75) is 38.1 Å². The van der Waals surface area contributed by atoms with E-state index in [4.69, 9.17) is 0 Å². The molecule has 1 aromatic rings. The lowest BCUT2D eigenvalue weighted by Gasteiger charge is -2.32. The van der Waals surface area contributed by atoms with E-state index < -0.39 is 10.2 Å². The van der Waals surface area contributed by atoms with Gasteiger partial charge in [-0.3, -0.25) is 0 Å². The molecular formula is C15H23BrN2O2S. The Morgan fingerprint density at radius 1 is 1.14 bits per heavy atom. The Morgan fingerprint density at radius 2 is 1.71 bits per heavy atom. The van der Waals surface area contributed by atoms with Crippen molar-refractivity contribution in [3.8, 4) is 0 Å². The number of hydrogen-bond acceptors (Lipinski definition) is 2. The highest BCUT2D eigenvalue weighted by atomic mass is 79.9. The van der Waals surface area contributed by atoms with Gasteiger partial charge in [-0.15, -0.1) is 0 Å². The van der Waals surface area contributed by atoms with Crippen LogP contribution in [0.4, 0.5) is 0 Å². The molecule has 0 saturated heterocycles. The maximum atomic E-state index is 12.2. The van der Waals surface area contributed by atoms with Gasteiger partial charge in [-0.25, -0.2) is 0 Å². The average Bonchev–Trinajstić information content (AvgIpc) is 2.47. The molecule has 0 aliphatic heterocycles. The van der Waals surface area contributed by atoms with Crippen LogP contribution in [0.25, 0.3) is 0 Å². The molecule has 6 heteroatoms. The van der Waals surface area contributed by atoms with Crippen LogP contribution in [-0.4, -0.2) is 26.8 Å². The minimum Gasteiger partial charge on any atom is -0.195 e. The molecule has 1 N–H and O–H groups in total. The lowest BCUT2D eigenvalue weighted by molar-refractivity contribution is 0.291. The van der Waals surface area contributed by atoms with Crippen LogP contribution in [0, 0.1) is 5.92 Å². The van der Waals surface area contributed by atoms with Crippen LogP contribution in [0.5, 0.6) is 0 Å². The Hall–Kier alpha value is -0.430. The molecule has 118 valence electrons. The highest BCUT2D eigenvalue weighted by Crippen LogP contribution is 2.35. The molecule has 1 aliphatic carbocycles. The first-order chi connectivity index (χ1) is 9.90. The number of nitrogens with one attached hydrogen (secondary N) is 1. The van der Waals surface area contributed by atoms with E-state index in [1.807, 2.05) is 24.3 Å². The Kier molecular flexibility index (Phi) is 5.82. The third kappa shape index (κ3) is 4.52. The Bertz CT molecular complexity index is 552. The summed E-state index contributed by atoms with van der Waals surface area (Å²) in [5.74, 6) is 0.370. The highest BCUT2D eigenvalue weighted by molar-refractivity contribution is 9.10. The molecule has 0 amide bonds. The van der Waals surface area contributed by atoms with Crippen molar-refractivity contribution in [1.82, 2.24) is 9.03 Å². The largest absolute Gasteiger partial charge is 0.279 e. The number of rotatable bonds is 5. The Balaban J connectivity index is 2.27. The highest BCUT2D eigenvalue weighted by Gasteiger charge is 2.29. The zero-order valence-corrected chi connectivity index (χ0v) is 15.0. The predicted octanol–water partition coefficient (Wildman–Crippen LogP) is 3.47. The molecule has 0 bridgehead atoms. The fourth-order valence-corrected chi connectivity index (χ4v) is 3.96. The van der Waals surface area contributed by atoms with Crippen LogP contribution in [0.15, 0.2) is 28.7 Å². The first kappa shape index (κ1) is 16.9. The van der Waals surface area contributed by atoms with Gasteiger partial charge in [0.2, 0.25) is 0 Å². The van der Waals surface area contributed by atoms with Gasteiger partial charge in [0.15, 0.2) is 0 Å². The molecule has 1 fully saturated rings. The molecule has 0 spiro atoms. The Morgan fingerprint density at radius 3 is 2.24 bits per heavy atom. The molecule has 1 unspecified atom stereocenters. The van der Waals surface area contributed by atoms with Crippen LogP contribution >= 0.6 is 15.9 Å². The zero-order valence-electron chi connectivity index (χ0n) is 12.5. The molecule has 1 atom stereocenters. The minimum absolute atomic E-state index is 0.147. The summed E-state index contributed by atoms with van der Waals surface area (Å²) in [4.78, 5) is 0. The maximum absolute atomic E-state index is 12.2. The van der Waals surface area contributed by atoms with E-state index in [-0.39, 0.29) is 6.04 Å². The summed E-state index contributed by atoms with van der Waals surface area (Å²) >= 11 is 3.43. The van der Waals surface area contributed by atoms with Crippen molar-refractivity contribution in [2.24, 2.45) is 5.92 Å². The van der Waals surface area contributed by atoms with Gasteiger partial charge in [-0.2, -0.15) is 17.4 Å². The maximum Gasteiger partial charge on any atom is 0.279 e. The predicted molar refractivity (Wildman–Crippen MR) is 89.2 cm³/mol. The van der Waals surface area contributed by atoms with Crippen LogP contribution in [0.1, 0.15) is 43.7 Å². The van der Waals surface area contributed by atoms with Crippen LogP contribution < -0.4 is 4.72 Å². The molecule has 2 rings (SSSR count). The molecule has 1 saturated carbocycles. The van der Waals surface area contributed by atoms with Crippen LogP contribution in [0.3, 0.4) is 0 Å². The van der Waals surface area contributed by atoms with Crippen LogP contribution in [0.2, 0.25) is 0 Å². The summed E-state index contributed by atoms with van der Waals surface area (Å²) in [6, 6.07) is 7.79. The second-order valence-corrected chi connectivity index (χ2v) is 8.66. The smallest absolute Gasteiger partial charge is 0.195 e. The molecule has 0 radical (unpaired) electrons. The molecule has 1 aliphatic rings. The van der Waals surface area contributed by atoms with E-state index >= 15 is 0 Å². The standard InChI is InChI=1S/C15H23BrN2O2S/c1-18(2)21(19,20)17-15(12-6-4-3-5-7-12)13-8-10-14(16)11-9-13/h8-12,15,17H,3-7H2,1-2H3. The van der Waals surface area contributed by atoms with Gasteiger partial charge in [0.25, 0.3) is 10.2 Å². The van der Waals surface area contributed by atoms with Gasteiger partial charge in [-0.1, -0.05) is 47.3 Å². The lowest BCUT2D eigenvalue weighted by atomic mass is 9.81. The van der Waals surface area contributed by atoms with Crippen LogP contribution in [-0.2, 0) is 10.2 Å². The molecule has 0 aromatic heterocycles. The summed E-state index contributed by atoms with van der Waals surface area (Å²) in [6.07, 6.45) is 5.78. The van der Waals surface area contributed by atoms with Gasteiger partial charge in [0, 0.05) is 18.6 Å². The summed E-state index contributed by atoms with van der Waals surface area (Å²) in [6.45, 7) is 0. The normalized spacial score (nSPS) is 18.9. The molecule has 21 heavy (non-hydrogen) atoms. The van der Waals surface area contributed by atoms with Gasteiger partial charge >= 0.3 is 0 Å². The van der Waals surface area contributed by atoms with E-state index in [2.05, 4.69) is 20.7 Å². The van der Waals surface area contributed by atoms with Crippen molar-refractivity contribution >= 4 is 26.1 Å². The molecule has 1 aromatic carbocycles.